The lowest BCUT2D eigenvalue weighted by Crippen LogP contribution is -2.52. The number of fused-ring (bicyclic) bond motifs is 1. The Bertz CT molecular complexity index is 890. The highest BCUT2D eigenvalue weighted by Gasteiger charge is 2.41. The number of carbonyl (C=O) groups excluding carboxylic acids is 3. The molecule has 2 unspecified atom stereocenters. The van der Waals surface area contributed by atoms with Gasteiger partial charge in [0.2, 0.25) is 11.8 Å². The summed E-state index contributed by atoms with van der Waals surface area (Å²) in [5, 5.41) is 9.45. The second-order valence-electron chi connectivity index (χ2n) is 9.20. The van der Waals surface area contributed by atoms with Gasteiger partial charge >= 0.3 is 0 Å². The predicted octanol–water partition coefficient (Wildman–Crippen LogP) is 0.838. The lowest BCUT2D eigenvalue weighted by molar-refractivity contribution is -0.136. The molecule has 3 fully saturated rings. The minimum Gasteiger partial charge on any atom is -0.375 e. The molecule has 0 aromatic heterocycles. The SMILES string of the molecule is O=C1CCC(N2Cc3cccc(CNC4CCOC5(CCNCC5)C4)c3C2=O)C(=O)N1. The van der Waals surface area contributed by atoms with Crippen LogP contribution >= 0.6 is 0 Å². The topological polar surface area (TPSA) is 99.8 Å². The fraction of sp³-hybridized carbons (Fsp3) is 0.609. The molecule has 2 atom stereocenters. The van der Waals surface area contributed by atoms with E-state index >= 15 is 0 Å². The molecule has 0 aliphatic carbocycles. The van der Waals surface area contributed by atoms with Gasteiger partial charge in [0.25, 0.3) is 5.91 Å². The van der Waals surface area contributed by atoms with Crippen molar-refractivity contribution in [3.63, 3.8) is 0 Å². The number of rotatable bonds is 4. The normalized spacial score (nSPS) is 28.0. The van der Waals surface area contributed by atoms with Gasteiger partial charge in [-0.15, -0.1) is 0 Å². The molecule has 166 valence electrons. The zero-order valence-corrected chi connectivity index (χ0v) is 17.7. The molecule has 3 amide bonds. The highest BCUT2D eigenvalue weighted by atomic mass is 16.5. The number of carbonyl (C=O) groups is 3. The van der Waals surface area contributed by atoms with Gasteiger partial charge in [-0.25, -0.2) is 0 Å². The molecular formula is C23H30N4O4. The van der Waals surface area contributed by atoms with Crippen molar-refractivity contribution in [1.29, 1.82) is 0 Å². The molecule has 0 bridgehead atoms. The van der Waals surface area contributed by atoms with Crippen LogP contribution in [-0.4, -0.2) is 60.0 Å². The van der Waals surface area contributed by atoms with E-state index in [4.69, 9.17) is 4.74 Å². The quantitative estimate of drug-likeness (QED) is 0.617. The number of hydrogen-bond acceptors (Lipinski definition) is 6. The Balaban J connectivity index is 1.27. The molecule has 0 radical (unpaired) electrons. The summed E-state index contributed by atoms with van der Waals surface area (Å²) < 4.78 is 6.18. The van der Waals surface area contributed by atoms with Crippen molar-refractivity contribution >= 4 is 17.7 Å². The highest BCUT2D eigenvalue weighted by molar-refractivity contribution is 6.05. The number of hydrogen-bond donors (Lipinski definition) is 3. The molecule has 4 heterocycles. The second kappa shape index (κ2) is 8.33. The average molecular weight is 427 g/mol. The van der Waals surface area contributed by atoms with Gasteiger partial charge in [0, 0.05) is 37.7 Å². The minimum absolute atomic E-state index is 0.0157. The number of ether oxygens (including phenoxy) is 1. The van der Waals surface area contributed by atoms with E-state index in [-0.39, 0.29) is 29.7 Å². The molecule has 1 aromatic carbocycles. The molecule has 3 N–H and O–H groups in total. The number of amides is 3. The molecule has 0 saturated carbocycles. The first-order chi connectivity index (χ1) is 15.0. The summed E-state index contributed by atoms with van der Waals surface area (Å²) in [5.41, 5.74) is 2.63. The summed E-state index contributed by atoms with van der Waals surface area (Å²) in [6, 6.07) is 5.73. The van der Waals surface area contributed by atoms with Gasteiger partial charge in [-0.1, -0.05) is 18.2 Å². The third kappa shape index (κ3) is 4.00. The summed E-state index contributed by atoms with van der Waals surface area (Å²) in [4.78, 5) is 38.6. The smallest absolute Gasteiger partial charge is 0.255 e. The van der Waals surface area contributed by atoms with Crippen molar-refractivity contribution in [3.05, 3.63) is 34.9 Å². The van der Waals surface area contributed by atoms with Crippen LogP contribution in [0.15, 0.2) is 18.2 Å². The van der Waals surface area contributed by atoms with Crippen LogP contribution in [0.4, 0.5) is 0 Å². The molecule has 8 heteroatoms. The van der Waals surface area contributed by atoms with Gasteiger partial charge in [-0.2, -0.15) is 0 Å². The zero-order valence-electron chi connectivity index (χ0n) is 17.7. The predicted molar refractivity (Wildman–Crippen MR) is 113 cm³/mol. The summed E-state index contributed by atoms with van der Waals surface area (Å²) in [6.07, 6.45) is 4.72. The molecule has 1 spiro atoms. The number of benzene rings is 1. The van der Waals surface area contributed by atoms with Gasteiger partial charge in [-0.05, 0) is 56.3 Å². The van der Waals surface area contributed by atoms with Crippen LogP contribution in [0.5, 0.6) is 0 Å². The molecule has 5 rings (SSSR count). The van der Waals surface area contributed by atoms with Crippen LogP contribution in [-0.2, 0) is 27.4 Å². The number of imide groups is 1. The van der Waals surface area contributed by atoms with Crippen LogP contribution in [0, 0.1) is 0 Å². The van der Waals surface area contributed by atoms with Crippen LogP contribution in [0.2, 0.25) is 0 Å². The van der Waals surface area contributed by atoms with Crippen molar-refractivity contribution in [2.75, 3.05) is 19.7 Å². The monoisotopic (exact) mass is 426 g/mol. The Morgan fingerprint density at radius 3 is 2.81 bits per heavy atom. The molecular weight excluding hydrogens is 396 g/mol. The third-order valence-corrected chi connectivity index (χ3v) is 7.23. The molecule has 4 aliphatic rings. The largest absolute Gasteiger partial charge is 0.375 e. The van der Waals surface area contributed by atoms with Crippen molar-refractivity contribution in [2.24, 2.45) is 0 Å². The maximum atomic E-state index is 13.2. The Hall–Kier alpha value is -2.29. The van der Waals surface area contributed by atoms with Crippen molar-refractivity contribution < 1.29 is 19.1 Å². The van der Waals surface area contributed by atoms with E-state index in [1.807, 2.05) is 18.2 Å². The van der Waals surface area contributed by atoms with E-state index in [0.717, 1.165) is 56.5 Å². The van der Waals surface area contributed by atoms with Crippen LogP contribution in [0.3, 0.4) is 0 Å². The fourth-order valence-corrected chi connectivity index (χ4v) is 5.52. The summed E-state index contributed by atoms with van der Waals surface area (Å²) in [7, 11) is 0. The third-order valence-electron chi connectivity index (χ3n) is 7.23. The van der Waals surface area contributed by atoms with E-state index in [1.165, 1.54) is 0 Å². The average Bonchev–Trinajstić information content (AvgIpc) is 3.10. The van der Waals surface area contributed by atoms with E-state index < -0.39 is 6.04 Å². The van der Waals surface area contributed by atoms with Crippen molar-refractivity contribution in [1.82, 2.24) is 20.9 Å². The van der Waals surface area contributed by atoms with Gasteiger partial charge in [-0.3, -0.25) is 19.7 Å². The Morgan fingerprint density at radius 2 is 2.00 bits per heavy atom. The minimum atomic E-state index is -0.575. The Labute approximate surface area is 182 Å². The van der Waals surface area contributed by atoms with E-state index in [2.05, 4.69) is 16.0 Å². The van der Waals surface area contributed by atoms with Gasteiger partial charge < -0.3 is 20.3 Å². The molecule has 8 nitrogen and oxygen atoms in total. The standard InChI is InChI=1S/C23H30N4O4/c28-19-5-4-18(21(29)26-19)27-14-16-3-1-2-15(20(16)22(27)30)13-25-17-6-11-31-23(12-17)7-9-24-10-8-23/h1-3,17-18,24-25H,4-14H2,(H,26,28,29). The number of piperidine rings is 2. The summed E-state index contributed by atoms with van der Waals surface area (Å²) in [6.45, 7) is 3.82. The molecule has 3 saturated heterocycles. The maximum absolute atomic E-state index is 13.2. The summed E-state index contributed by atoms with van der Waals surface area (Å²) in [5.74, 6) is -0.742. The first kappa shape index (κ1) is 20.6. The van der Waals surface area contributed by atoms with Crippen LogP contribution in [0.25, 0.3) is 0 Å². The highest BCUT2D eigenvalue weighted by Crippen LogP contribution is 2.34. The molecule has 1 aromatic rings. The summed E-state index contributed by atoms with van der Waals surface area (Å²) >= 11 is 0. The fourth-order valence-electron chi connectivity index (χ4n) is 5.52. The molecule has 4 aliphatic heterocycles. The first-order valence-corrected chi connectivity index (χ1v) is 11.4. The zero-order chi connectivity index (χ0) is 21.4. The van der Waals surface area contributed by atoms with Gasteiger partial charge in [0.15, 0.2) is 0 Å². The van der Waals surface area contributed by atoms with Gasteiger partial charge in [0.05, 0.1) is 5.60 Å². The van der Waals surface area contributed by atoms with Crippen molar-refractivity contribution in [2.45, 2.75) is 69.3 Å². The molecule has 31 heavy (non-hydrogen) atoms. The lowest BCUT2D eigenvalue weighted by atomic mass is 9.83. The van der Waals surface area contributed by atoms with E-state index in [9.17, 15) is 14.4 Å². The first-order valence-electron chi connectivity index (χ1n) is 11.4. The maximum Gasteiger partial charge on any atom is 0.255 e. The number of nitrogens with zero attached hydrogens (tertiary/aromatic N) is 1. The Kier molecular flexibility index (Phi) is 5.54. The Morgan fingerprint density at radius 1 is 1.16 bits per heavy atom. The second-order valence-corrected chi connectivity index (χ2v) is 9.20. The lowest BCUT2D eigenvalue weighted by Gasteiger charge is -2.44. The number of nitrogens with one attached hydrogen (secondary N) is 3. The van der Waals surface area contributed by atoms with Crippen LogP contribution in [0.1, 0.15) is 60.0 Å². The van der Waals surface area contributed by atoms with Gasteiger partial charge in [0.1, 0.15) is 6.04 Å². The van der Waals surface area contributed by atoms with E-state index in [0.29, 0.717) is 31.1 Å². The van der Waals surface area contributed by atoms with E-state index in [1.54, 1.807) is 4.90 Å². The van der Waals surface area contributed by atoms with Crippen LogP contribution < -0.4 is 16.0 Å². The van der Waals surface area contributed by atoms with Crippen molar-refractivity contribution in [3.8, 4) is 0 Å².